The molecule has 2 rings (SSSR count). The number of nitrogens with zero attached hydrogens (tertiary/aromatic N) is 4. The van der Waals surface area contributed by atoms with Crippen molar-refractivity contribution >= 4 is 58.0 Å². The van der Waals surface area contributed by atoms with Crippen molar-refractivity contribution in [1.82, 2.24) is 20.2 Å². The lowest BCUT2D eigenvalue weighted by Crippen LogP contribution is -2.37. The molecule has 0 radical (unpaired) electrons. The molecule has 1 aromatic carbocycles. The van der Waals surface area contributed by atoms with Crippen LogP contribution in [-0.4, -0.2) is 24.0 Å². The van der Waals surface area contributed by atoms with Crippen molar-refractivity contribution in [2.45, 2.75) is 14.7 Å². The van der Waals surface area contributed by atoms with Crippen molar-refractivity contribution in [1.29, 1.82) is 0 Å². The van der Waals surface area contributed by atoms with Crippen LogP contribution in [0.4, 0.5) is 0 Å². The molecule has 102 valence electrons. The maximum atomic E-state index is 6.04. The van der Waals surface area contributed by atoms with Gasteiger partial charge in [0.25, 0.3) is 4.46 Å². The molecule has 0 saturated carbocycles. The molecule has 0 unspecified atom stereocenters. The van der Waals surface area contributed by atoms with E-state index in [1.54, 1.807) is 0 Å². The number of hydrogen-bond acceptors (Lipinski definition) is 3. The number of tetrazole rings is 1. The van der Waals surface area contributed by atoms with Crippen LogP contribution in [-0.2, 0) is 10.9 Å². The predicted molar refractivity (Wildman–Crippen MR) is 77.0 cm³/mol. The SMILES string of the molecule is ClC(Cl)(Cl)C(Cl)(Cl)n1nnnc1Cc1ccccc1. The minimum Gasteiger partial charge on any atom is -0.189 e. The molecule has 0 fully saturated rings. The quantitative estimate of drug-likeness (QED) is 0.784. The van der Waals surface area contributed by atoms with Gasteiger partial charge in [0.2, 0.25) is 3.79 Å². The number of halogens is 5. The highest BCUT2D eigenvalue weighted by atomic mass is 35.6. The number of aromatic nitrogens is 4. The third kappa shape index (κ3) is 3.26. The lowest BCUT2D eigenvalue weighted by molar-refractivity contribution is 0.503. The fourth-order valence-corrected chi connectivity index (χ4v) is 1.94. The van der Waals surface area contributed by atoms with E-state index < -0.39 is 8.25 Å². The van der Waals surface area contributed by atoms with Gasteiger partial charge in [-0.25, -0.2) is 0 Å². The van der Waals surface area contributed by atoms with Crippen LogP contribution >= 0.6 is 58.0 Å². The van der Waals surface area contributed by atoms with Crippen molar-refractivity contribution in [3.8, 4) is 0 Å². The van der Waals surface area contributed by atoms with E-state index in [1.807, 2.05) is 30.3 Å². The van der Waals surface area contributed by atoms with Crippen LogP contribution in [0.1, 0.15) is 11.4 Å². The minimum atomic E-state index is -1.98. The normalized spacial score (nSPS) is 12.7. The van der Waals surface area contributed by atoms with Crippen LogP contribution in [0.25, 0.3) is 0 Å². The molecule has 2 aromatic rings. The minimum absolute atomic E-state index is 0.391. The van der Waals surface area contributed by atoms with Gasteiger partial charge in [0.15, 0.2) is 5.82 Å². The van der Waals surface area contributed by atoms with Gasteiger partial charge < -0.3 is 0 Å². The molecular weight excluding hydrogens is 353 g/mol. The van der Waals surface area contributed by atoms with Gasteiger partial charge in [-0.2, -0.15) is 4.68 Å². The highest BCUT2D eigenvalue weighted by molar-refractivity contribution is 6.74. The van der Waals surface area contributed by atoms with Crippen molar-refractivity contribution in [3.63, 3.8) is 0 Å². The van der Waals surface area contributed by atoms with Crippen LogP contribution in [0.3, 0.4) is 0 Å². The van der Waals surface area contributed by atoms with E-state index in [2.05, 4.69) is 15.5 Å². The monoisotopic (exact) mass is 358 g/mol. The Bertz CT molecular complexity index is 549. The lowest BCUT2D eigenvalue weighted by atomic mass is 10.1. The molecule has 0 saturated heterocycles. The molecular formula is C10H7Cl5N4. The average molecular weight is 360 g/mol. The fourth-order valence-electron chi connectivity index (χ4n) is 1.43. The smallest absolute Gasteiger partial charge is 0.189 e. The molecule has 0 aliphatic carbocycles. The van der Waals surface area contributed by atoms with Gasteiger partial charge in [-0.1, -0.05) is 88.3 Å². The molecule has 0 amide bonds. The van der Waals surface area contributed by atoms with Crippen LogP contribution in [0.2, 0.25) is 0 Å². The predicted octanol–water partition coefficient (Wildman–Crippen LogP) is 3.72. The Balaban J connectivity index is 2.33. The second-order valence-corrected chi connectivity index (χ2v) is 7.28. The second-order valence-electron chi connectivity index (χ2n) is 3.71. The molecule has 9 heteroatoms. The summed E-state index contributed by atoms with van der Waals surface area (Å²) in [6.07, 6.45) is 0.412. The van der Waals surface area contributed by atoms with Gasteiger partial charge in [-0.15, -0.1) is 5.10 Å². The Hall–Kier alpha value is -0.260. The standard InChI is InChI=1S/C10H7Cl5N4/c11-9(12,13)10(14,15)19-8(16-17-18-19)6-7-4-2-1-3-5-7/h1-5H,6H2. The average Bonchev–Trinajstić information content (AvgIpc) is 2.77. The number of rotatable bonds is 3. The number of alkyl halides is 5. The first-order valence-electron chi connectivity index (χ1n) is 5.08. The van der Waals surface area contributed by atoms with Crippen LogP contribution < -0.4 is 0 Å². The topological polar surface area (TPSA) is 43.6 Å². The van der Waals surface area contributed by atoms with Gasteiger partial charge in [-0.05, 0) is 16.0 Å². The molecule has 0 N–H and O–H groups in total. The summed E-state index contributed by atoms with van der Waals surface area (Å²) in [6.45, 7) is 0. The highest BCUT2D eigenvalue weighted by Crippen LogP contribution is 2.49. The Morgan fingerprint density at radius 2 is 1.63 bits per heavy atom. The summed E-state index contributed by atoms with van der Waals surface area (Å²) in [5.74, 6) is 0.391. The summed E-state index contributed by atoms with van der Waals surface area (Å²) >= 11 is 29.3. The molecule has 0 atom stereocenters. The summed E-state index contributed by atoms with van der Waals surface area (Å²) in [6, 6.07) is 9.53. The van der Waals surface area contributed by atoms with E-state index in [4.69, 9.17) is 58.0 Å². The Morgan fingerprint density at radius 3 is 2.21 bits per heavy atom. The summed E-state index contributed by atoms with van der Waals surface area (Å²) in [4.78, 5) is 0. The van der Waals surface area contributed by atoms with E-state index >= 15 is 0 Å². The van der Waals surface area contributed by atoms with E-state index in [9.17, 15) is 0 Å². The van der Waals surface area contributed by atoms with Gasteiger partial charge in [0.1, 0.15) is 0 Å². The molecule has 0 aliphatic heterocycles. The first kappa shape index (κ1) is 15.1. The van der Waals surface area contributed by atoms with E-state index in [-0.39, 0.29) is 0 Å². The summed E-state index contributed by atoms with van der Waals surface area (Å²) in [7, 11) is 0. The zero-order valence-electron chi connectivity index (χ0n) is 9.27. The lowest BCUT2D eigenvalue weighted by Gasteiger charge is -2.27. The van der Waals surface area contributed by atoms with Crippen LogP contribution in [0.15, 0.2) is 30.3 Å². The van der Waals surface area contributed by atoms with Crippen LogP contribution in [0, 0.1) is 0 Å². The van der Waals surface area contributed by atoms with Gasteiger partial charge >= 0.3 is 0 Å². The van der Waals surface area contributed by atoms with Crippen molar-refractivity contribution in [2.24, 2.45) is 0 Å². The zero-order valence-corrected chi connectivity index (χ0v) is 13.1. The molecule has 1 aromatic heterocycles. The molecule has 19 heavy (non-hydrogen) atoms. The summed E-state index contributed by atoms with van der Waals surface area (Å²) in [5, 5.41) is 11.1. The van der Waals surface area contributed by atoms with Gasteiger partial charge in [0.05, 0.1) is 0 Å². The van der Waals surface area contributed by atoms with Crippen LogP contribution in [0.5, 0.6) is 0 Å². The summed E-state index contributed by atoms with van der Waals surface area (Å²) in [5.41, 5.74) is 0.979. The van der Waals surface area contributed by atoms with Gasteiger partial charge in [0, 0.05) is 6.42 Å². The second kappa shape index (κ2) is 5.62. The molecule has 0 aliphatic rings. The zero-order chi connectivity index (χ0) is 14.1. The highest BCUT2D eigenvalue weighted by Gasteiger charge is 2.50. The Labute approximate surface area is 134 Å². The molecule has 4 nitrogen and oxygen atoms in total. The molecule has 0 bridgehead atoms. The third-order valence-electron chi connectivity index (χ3n) is 2.35. The molecule has 0 spiro atoms. The maximum Gasteiger partial charge on any atom is 0.259 e. The Kier molecular flexibility index (Phi) is 4.48. The number of hydrogen-bond donors (Lipinski definition) is 0. The van der Waals surface area contributed by atoms with E-state index in [0.717, 1.165) is 10.2 Å². The van der Waals surface area contributed by atoms with Crippen molar-refractivity contribution in [3.05, 3.63) is 41.7 Å². The third-order valence-corrected chi connectivity index (χ3v) is 4.63. The first-order valence-corrected chi connectivity index (χ1v) is 6.97. The summed E-state index contributed by atoms with van der Waals surface area (Å²) < 4.78 is -2.78. The van der Waals surface area contributed by atoms with Crippen molar-refractivity contribution in [2.75, 3.05) is 0 Å². The maximum absolute atomic E-state index is 6.04. The largest absolute Gasteiger partial charge is 0.259 e. The Morgan fingerprint density at radius 1 is 1.00 bits per heavy atom. The fraction of sp³-hybridized carbons (Fsp3) is 0.300. The first-order chi connectivity index (χ1) is 8.82. The van der Waals surface area contributed by atoms with E-state index in [1.165, 1.54) is 0 Å². The van der Waals surface area contributed by atoms with Gasteiger partial charge in [-0.3, -0.25) is 0 Å². The van der Waals surface area contributed by atoms with E-state index in [0.29, 0.717) is 12.2 Å². The molecule has 1 heterocycles. The number of benzene rings is 1. The van der Waals surface area contributed by atoms with Crippen molar-refractivity contribution < 1.29 is 0 Å².